The predicted octanol–water partition coefficient (Wildman–Crippen LogP) is 3.31. The number of aromatic nitrogens is 1. The number of hydrogen-bond donors (Lipinski definition) is 1. The molecule has 3 heteroatoms. The van der Waals surface area contributed by atoms with Crippen LogP contribution in [-0.4, -0.2) is 16.4 Å². The summed E-state index contributed by atoms with van der Waals surface area (Å²) in [6.45, 7) is 4.23. The Hall–Kier alpha value is -1.87. The maximum Gasteiger partial charge on any atom is 0.123 e. The van der Waals surface area contributed by atoms with Crippen LogP contribution in [0.3, 0.4) is 0 Å². The third-order valence-corrected chi connectivity index (χ3v) is 4.10. The SMILES string of the molecule is Cc1nc(N)ccc1[C@@H]1CCCN1Cc1ccccc1. The molecule has 2 aromatic rings. The molecule has 0 radical (unpaired) electrons. The fourth-order valence-corrected chi connectivity index (χ4v) is 3.13. The molecule has 2 heterocycles. The number of anilines is 1. The van der Waals surface area contributed by atoms with E-state index in [1.165, 1.54) is 24.0 Å². The summed E-state index contributed by atoms with van der Waals surface area (Å²) in [6, 6.07) is 15.2. The number of benzene rings is 1. The van der Waals surface area contributed by atoms with Gasteiger partial charge in [0, 0.05) is 18.3 Å². The highest BCUT2D eigenvalue weighted by Gasteiger charge is 2.27. The largest absolute Gasteiger partial charge is 0.384 e. The molecule has 0 spiro atoms. The molecule has 1 aromatic heterocycles. The number of hydrogen-bond acceptors (Lipinski definition) is 3. The van der Waals surface area contributed by atoms with Crippen molar-refractivity contribution in [2.75, 3.05) is 12.3 Å². The summed E-state index contributed by atoms with van der Waals surface area (Å²) in [5.41, 5.74) is 9.53. The Kier molecular flexibility index (Phi) is 3.70. The summed E-state index contributed by atoms with van der Waals surface area (Å²) in [5.74, 6) is 0.610. The third kappa shape index (κ3) is 2.68. The van der Waals surface area contributed by atoms with Gasteiger partial charge < -0.3 is 5.73 Å². The van der Waals surface area contributed by atoms with Crippen LogP contribution in [0, 0.1) is 6.92 Å². The molecule has 1 aromatic carbocycles. The van der Waals surface area contributed by atoms with Crippen LogP contribution in [0.4, 0.5) is 5.82 Å². The summed E-state index contributed by atoms with van der Waals surface area (Å²) in [7, 11) is 0. The molecule has 0 bridgehead atoms. The van der Waals surface area contributed by atoms with E-state index in [0.717, 1.165) is 18.8 Å². The summed E-state index contributed by atoms with van der Waals surface area (Å²) in [4.78, 5) is 6.96. The lowest BCUT2D eigenvalue weighted by Gasteiger charge is -2.26. The second kappa shape index (κ2) is 5.63. The minimum Gasteiger partial charge on any atom is -0.384 e. The fraction of sp³-hybridized carbons (Fsp3) is 0.353. The second-order valence-corrected chi connectivity index (χ2v) is 5.52. The standard InChI is InChI=1S/C17H21N3/c1-13-15(9-10-17(18)19-13)16-8-5-11-20(16)12-14-6-3-2-4-7-14/h2-4,6-7,9-10,16H,5,8,11-12H2,1H3,(H2,18,19)/t16-/m0/s1. The molecular weight excluding hydrogens is 246 g/mol. The van der Waals surface area contributed by atoms with Crippen LogP contribution in [-0.2, 0) is 6.54 Å². The van der Waals surface area contributed by atoms with Crippen molar-refractivity contribution in [1.29, 1.82) is 0 Å². The molecule has 0 saturated carbocycles. The molecule has 3 rings (SSSR count). The molecule has 0 amide bonds. The molecule has 0 aliphatic carbocycles. The van der Waals surface area contributed by atoms with Gasteiger partial charge in [0.15, 0.2) is 0 Å². The van der Waals surface area contributed by atoms with Gasteiger partial charge >= 0.3 is 0 Å². The maximum absolute atomic E-state index is 5.76. The zero-order chi connectivity index (χ0) is 13.9. The van der Waals surface area contributed by atoms with Gasteiger partial charge in [-0.3, -0.25) is 4.90 Å². The van der Waals surface area contributed by atoms with Gasteiger partial charge in [-0.05, 0) is 43.5 Å². The molecule has 3 nitrogen and oxygen atoms in total. The molecule has 20 heavy (non-hydrogen) atoms. The van der Waals surface area contributed by atoms with Gasteiger partial charge in [0.1, 0.15) is 5.82 Å². The molecule has 1 atom stereocenters. The van der Waals surface area contributed by atoms with Crippen molar-refractivity contribution in [3.63, 3.8) is 0 Å². The Labute approximate surface area is 120 Å². The smallest absolute Gasteiger partial charge is 0.123 e. The average molecular weight is 267 g/mol. The zero-order valence-electron chi connectivity index (χ0n) is 11.9. The van der Waals surface area contributed by atoms with Crippen molar-refractivity contribution >= 4 is 5.82 Å². The molecular formula is C17H21N3. The molecule has 2 N–H and O–H groups in total. The first-order valence-corrected chi connectivity index (χ1v) is 7.25. The number of nitrogen functional groups attached to an aromatic ring is 1. The van der Waals surface area contributed by atoms with Crippen molar-refractivity contribution in [2.24, 2.45) is 0 Å². The van der Waals surface area contributed by atoms with Crippen molar-refractivity contribution < 1.29 is 0 Å². The summed E-state index contributed by atoms with van der Waals surface area (Å²) < 4.78 is 0. The van der Waals surface area contributed by atoms with Gasteiger partial charge in [-0.25, -0.2) is 4.98 Å². The first-order chi connectivity index (χ1) is 9.74. The lowest BCUT2D eigenvalue weighted by molar-refractivity contribution is 0.247. The Morgan fingerprint density at radius 3 is 2.75 bits per heavy atom. The van der Waals surface area contributed by atoms with Gasteiger partial charge in [0.05, 0.1) is 0 Å². The predicted molar refractivity (Wildman–Crippen MR) is 82.2 cm³/mol. The van der Waals surface area contributed by atoms with Gasteiger partial charge in [0.25, 0.3) is 0 Å². The molecule has 0 unspecified atom stereocenters. The topological polar surface area (TPSA) is 42.1 Å². The Morgan fingerprint density at radius 2 is 2.00 bits per heavy atom. The van der Waals surface area contributed by atoms with E-state index in [0.29, 0.717) is 11.9 Å². The van der Waals surface area contributed by atoms with Crippen LogP contribution in [0.2, 0.25) is 0 Å². The van der Waals surface area contributed by atoms with Crippen LogP contribution in [0.5, 0.6) is 0 Å². The van der Waals surface area contributed by atoms with E-state index in [2.05, 4.69) is 53.2 Å². The van der Waals surface area contributed by atoms with Crippen LogP contribution >= 0.6 is 0 Å². The highest BCUT2D eigenvalue weighted by molar-refractivity contribution is 5.35. The van der Waals surface area contributed by atoms with E-state index in [-0.39, 0.29) is 0 Å². The quantitative estimate of drug-likeness (QED) is 0.927. The van der Waals surface area contributed by atoms with Crippen molar-refractivity contribution in [3.8, 4) is 0 Å². The third-order valence-electron chi connectivity index (χ3n) is 4.10. The zero-order valence-corrected chi connectivity index (χ0v) is 11.9. The van der Waals surface area contributed by atoms with Gasteiger partial charge in [0.2, 0.25) is 0 Å². The van der Waals surface area contributed by atoms with Gasteiger partial charge in [-0.2, -0.15) is 0 Å². The van der Waals surface area contributed by atoms with Crippen molar-refractivity contribution in [1.82, 2.24) is 9.88 Å². The van der Waals surface area contributed by atoms with E-state index in [4.69, 9.17) is 5.73 Å². The lowest BCUT2D eigenvalue weighted by atomic mass is 10.0. The Morgan fingerprint density at radius 1 is 1.20 bits per heavy atom. The highest BCUT2D eigenvalue weighted by atomic mass is 15.2. The highest BCUT2D eigenvalue weighted by Crippen LogP contribution is 2.34. The van der Waals surface area contributed by atoms with E-state index in [1.54, 1.807) is 0 Å². The Balaban J connectivity index is 1.82. The number of rotatable bonds is 3. The number of nitrogens with two attached hydrogens (primary N) is 1. The normalized spacial score (nSPS) is 19.4. The fourth-order valence-electron chi connectivity index (χ4n) is 3.13. The van der Waals surface area contributed by atoms with Crippen LogP contribution in [0.15, 0.2) is 42.5 Å². The summed E-state index contributed by atoms with van der Waals surface area (Å²) in [5, 5.41) is 0. The summed E-state index contributed by atoms with van der Waals surface area (Å²) in [6.07, 6.45) is 2.46. The minimum atomic E-state index is 0.475. The van der Waals surface area contributed by atoms with E-state index >= 15 is 0 Å². The first-order valence-electron chi connectivity index (χ1n) is 7.25. The van der Waals surface area contributed by atoms with Crippen LogP contribution < -0.4 is 5.73 Å². The van der Waals surface area contributed by atoms with Crippen LogP contribution in [0.25, 0.3) is 0 Å². The summed E-state index contributed by atoms with van der Waals surface area (Å²) >= 11 is 0. The van der Waals surface area contributed by atoms with E-state index < -0.39 is 0 Å². The molecule has 1 saturated heterocycles. The number of aryl methyl sites for hydroxylation is 1. The van der Waals surface area contributed by atoms with Crippen molar-refractivity contribution in [3.05, 3.63) is 59.3 Å². The number of pyridine rings is 1. The molecule has 1 aliphatic rings. The minimum absolute atomic E-state index is 0.475. The van der Waals surface area contributed by atoms with Crippen molar-refractivity contribution in [2.45, 2.75) is 32.4 Å². The monoisotopic (exact) mass is 267 g/mol. The number of likely N-dealkylation sites (tertiary alicyclic amines) is 1. The van der Waals surface area contributed by atoms with Gasteiger partial charge in [-0.1, -0.05) is 36.4 Å². The first kappa shape index (κ1) is 13.1. The molecule has 1 fully saturated rings. The van der Waals surface area contributed by atoms with Crippen LogP contribution in [0.1, 0.15) is 35.7 Å². The van der Waals surface area contributed by atoms with E-state index in [9.17, 15) is 0 Å². The van der Waals surface area contributed by atoms with Gasteiger partial charge in [-0.15, -0.1) is 0 Å². The second-order valence-electron chi connectivity index (χ2n) is 5.52. The number of nitrogens with zero attached hydrogens (tertiary/aromatic N) is 2. The molecule has 104 valence electrons. The lowest BCUT2D eigenvalue weighted by Crippen LogP contribution is -2.23. The van der Waals surface area contributed by atoms with E-state index in [1.807, 2.05) is 6.07 Å². The molecule has 1 aliphatic heterocycles. The maximum atomic E-state index is 5.76. The average Bonchev–Trinajstić information content (AvgIpc) is 2.88. The Bertz CT molecular complexity index is 580.